The van der Waals surface area contributed by atoms with Crippen molar-refractivity contribution < 1.29 is 13.2 Å². The lowest BCUT2D eigenvalue weighted by Crippen LogP contribution is -2.11. The number of benzene rings is 1. The van der Waals surface area contributed by atoms with Gasteiger partial charge in [0.05, 0.1) is 11.3 Å². The van der Waals surface area contributed by atoms with Crippen molar-refractivity contribution in [2.45, 2.75) is 19.8 Å². The zero-order valence-electron chi connectivity index (χ0n) is 11.9. The molecule has 0 aliphatic rings. The summed E-state index contributed by atoms with van der Waals surface area (Å²) in [7, 11) is -3.04. The summed E-state index contributed by atoms with van der Waals surface area (Å²) < 4.78 is 22.8. The van der Waals surface area contributed by atoms with Crippen LogP contribution in [0.5, 0.6) is 0 Å². The summed E-state index contributed by atoms with van der Waals surface area (Å²) in [6, 6.07) is 8.89. The number of nitrogens with two attached hydrogens (primary N) is 1. The maximum absolute atomic E-state index is 12.1. The highest BCUT2D eigenvalue weighted by atomic mass is 32.2. The van der Waals surface area contributed by atoms with Gasteiger partial charge in [-0.1, -0.05) is 25.1 Å². The number of rotatable bonds is 6. The maximum Gasteiger partial charge on any atom is 0.181 e. The molecule has 2 rings (SSSR count). The minimum Gasteiger partial charge on any atom is -0.398 e. The Bertz CT molecular complexity index is 770. The zero-order chi connectivity index (χ0) is 15.5. The van der Waals surface area contributed by atoms with Crippen molar-refractivity contribution in [3.8, 4) is 0 Å². The summed E-state index contributed by atoms with van der Waals surface area (Å²) in [6.07, 6.45) is 0.466. The van der Waals surface area contributed by atoms with Gasteiger partial charge in [-0.25, -0.2) is 13.4 Å². The Hall–Kier alpha value is -1.95. The topological polar surface area (TPSA) is 90.1 Å². The van der Waals surface area contributed by atoms with Crippen molar-refractivity contribution in [2.24, 2.45) is 0 Å². The first-order valence-corrected chi connectivity index (χ1v) is 8.64. The van der Waals surface area contributed by atoms with Crippen LogP contribution in [0.25, 0.3) is 10.9 Å². The van der Waals surface area contributed by atoms with Crippen LogP contribution in [-0.2, 0) is 9.84 Å². The van der Waals surface area contributed by atoms with Crippen LogP contribution in [0, 0.1) is 0 Å². The first kappa shape index (κ1) is 15.4. The molecule has 0 atom stereocenters. The lowest BCUT2D eigenvalue weighted by molar-refractivity contribution is 0.0977. The molecular formula is C15H18N2O3S. The molecule has 0 fully saturated rings. The molecule has 112 valence electrons. The summed E-state index contributed by atoms with van der Waals surface area (Å²) >= 11 is 0. The summed E-state index contributed by atoms with van der Waals surface area (Å²) in [5.74, 6) is -0.0560. The summed E-state index contributed by atoms with van der Waals surface area (Å²) in [5.41, 5.74) is 7.39. The van der Waals surface area contributed by atoms with Gasteiger partial charge in [-0.15, -0.1) is 0 Å². The number of para-hydroxylation sites is 1. The van der Waals surface area contributed by atoms with E-state index in [1.54, 1.807) is 19.1 Å². The van der Waals surface area contributed by atoms with Crippen molar-refractivity contribution in [1.82, 2.24) is 4.98 Å². The molecule has 5 nitrogen and oxygen atoms in total. The quantitative estimate of drug-likeness (QED) is 0.826. The van der Waals surface area contributed by atoms with E-state index in [1.807, 2.05) is 18.2 Å². The third kappa shape index (κ3) is 3.78. The smallest absolute Gasteiger partial charge is 0.181 e. The van der Waals surface area contributed by atoms with E-state index in [0.717, 1.165) is 5.39 Å². The van der Waals surface area contributed by atoms with Crippen molar-refractivity contribution in [3.63, 3.8) is 0 Å². The van der Waals surface area contributed by atoms with E-state index < -0.39 is 9.84 Å². The van der Waals surface area contributed by atoms with Crippen LogP contribution in [0.1, 0.15) is 30.3 Å². The second-order valence-electron chi connectivity index (χ2n) is 4.88. The molecule has 21 heavy (non-hydrogen) atoms. The van der Waals surface area contributed by atoms with Gasteiger partial charge >= 0.3 is 0 Å². The van der Waals surface area contributed by atoms with E-state index in [9.17, 15) is 13.2 Å². The molecule has 0 saturated heterocycles. The number of ketones is 1. The second kappa shape index (κ2) is 6.22. The Balaban J connectivity index is 2.13. The molecule has 0 radical (unpaired) electrons. The number of hydrogen-bond donors (Lipinski definition) is 1. The van der Waals surface area contributed by atoms with E-state index in [-0.39, 0.29) is 23.7 Å². The Labute approximate surface area is 124 Å². The molecule has 2 aromatic rings. The van der Waals surface area contributed by atoms with E-state index in [4.69, 9.17) is 5.73 Å². The van der Waals surface area contributed by atoms with Crippen molar-refractivity contribution >= 4 is 32.2 Å². The Morgan fingerprint density at radius 1 is 1.29 bits per heavy atom. The lowest BCUT2D eigenvalue weighted by atomic mass is 10.1. The van der Waals surface area contributed by atoms with Crippen molar-refractivity contribution in [2.75, 3.05) is 17.2 Å². The van der Waals surface area contributed by atoms with Crippen LogP contribution in [0.2, 0.25) is 0 Å². The van der Waals surface area contributed by atoms with Gasteiger partial charge in [0.2, 0.25) is 0 Å². The third-order valence-electron chi connectivity index (χ3n) is 3.33. The Morgan fingerprint density at radius 2 is 2.00 bits per heavy atom. The number of nitrogen functional groups attached to an aromatic ring is 1. The van der Waals surface area contributed by atoms with Gasteiger partial charge in [-0.05, 0) is 18.6 Å². The van der Waals surface area contributed by atoms with Gasteiger partial charge in [-0.2, -0.15) is 0 Å². The highest BCUT2D eigenvalue weighted by molar-refractivity contribution is 7.91. The fourth-order valence-corrected chi connectivity index (χ4v) is 2.94. The van der Waals surface area contributed by atoms with Crippen LogP contribution < -0.4 is 5.73 Å². The number of pyridine rings is 1. The number of Topliss-reactive ketones (excluding diaryl/α,β-unsaturated/α-hetero) is 1. The molecule has 0 unspecified atom stereocenters. The molecule has 0 aliphatic carbocycles. The van der Waals surface area contributed by atoms with Crippen LogP contribution in [0.15, 0.2) is 30.3 Å². The van der Waals surface area contributed by atoms with Crippen LogP contribution in [0.3, 0.4) is 0 Å². The van der Waals surface area contributed by atoms with Gasteiger partial charge < -0.3 is 5.73 Å². The predicted octanol–water partition coefficient (Wildman–Crippen LogP) is 2.21. The molecular weight excluding hydrogens is 288 g/mol. The van der Waals surface area contributed by atoms with Crippen LogP contribution in [0.4, 0.5) is 5.69 Å². The molecule has 2 N–H and O–H groups in total. The zero-order valence-corrected chi connectivity index (χ0v) is 12.7. The number of anilines is 1. The van der Waals surface area contributed by atoms with E-state index >= 15 is 0 Å². The Morgan fingerprint density at radius 3 is 2.71 bits per heavy atom. The van der Waals surface area contributed by atoms with Gasteiger partial charge in [-0.3, -0.25) is 4.79 Å². The molecule has 1 heterocycles. The molecule has 0 saturated carbocycles. The largest absolute Gasteiger partial charge is 0.398 e. The molecule has 0 spiro atoms. The van der Waals surface area contributed by atoms with Gasteiger partial charge in [0.25, 0.3) is 0 Å². The standard InChI is InChI=1S/C15H18N2O3S/c1-2-21(19,20)9-5-8-15(18)14-10-12(16)11-6-3-4-7-13(11)17-14/h3-4,6-7,10H,2,5,8-9H2,1H3,(H2,16,17). The molecule has 1 aromatic heterocycles. The number of carbonyl (C=O) groups is 1. The average molecular weight is 306 g/mol. The highest BCUT2D eigenvalue weighted by Crippen LogP contribution is 2.21. The number of nitrogens with zero attached hydrogens (tertiary/aromatic N) is 1. The van der Waals surface area contributed by atoms with Crippen molar-refractivity contribution in [3.05, 3.63) is 36.0 Å². The number of hydrogen-bond acceptors (Lipinski definition) is 5. The minimum atomic E-state index is -3.04. The second-order valence-corrected chi connectivity index (χ2v) is 7.35. The third-order valence-corrected chi connectivity index (χ3v) is 5.12. The van der Waals surface area contributed by atoms with Gasteiger partial charge in [0.1, 0.15) is 15.5 Å². The molecule has 0 aliphatic heterocycles. The first-order chi connectivity index (χ1) is 9.93. The fourth-order valence-electron chi connectivity index (χ4n) is 2.07. The summed E-state index contributed by atoms with van der Waals surface area (Å²) in [5, 5.41) is 0.808. The molecule has 0 amide bonds. The number of fused-ring (bicyclic) bond motifs is 1. The lowest BCUT2D eigenvalue weighted by Gasteiger charge is -2.06. The van der Waals surface area contributed by atoms with Crippen molar-refractivity contribution in [1.29, 1.82) is 0 Å². The fraction of sp³-hybridized carbons (Fsp3) is 0.333. The normalized spacial score (nSPS) is 11.7. The van der Waals surface area contributed by atoms with E-state index in [1.165, 1.54) is 0 Å². The first-order valence-electron chi connectivity index (χ1n) is 6.82. The number of sulfone groups is 1. The average Bonchev–Trinajstić information content (AvgIpc) is 2.47. The van der Waals surface area contributed by atoms with E-state index in [2.05, 4.69) is 4.98 Å². The SMILES string of the molecule is CCS(=O)(=O)CCCC(=O)c1cc(N)c2ccccc2n1. The van der Waals surface area contributed by atoms with E-state index in [0.29, 0.717) is 23.3 Å². The minimum absolute atomic E-state index is 0.0261. The van der Waals surface area contributed by atoms with Gasteiger partial charge in [0, 0.05) is 23.2 Å². The van der Waals surface area contributed by atoms with Crippen LogP contribution in [-0.4, -0.2) is 30.7 Å². The van der Waals surface area contributed by atoms with Crippen LogP contribution >= 0.6 is 0 Å². The molecule has 0 bridgehead atoms. The Kier molecular flexibility index (Phi) is 4.57. The molecule has 6 heteroatoms. The monoisotopic (exact) mass is 306 g/mol. The number of aromatic nitrogens is 1. The molecule has 1 aromatic carbocycles. The summed E-state index contributed by atoms with van der Waals surface area (Å²) in [4.78, 5) is 16.4. The highest BCUT2D eigenvalue weighted by Gasteiger charge is 2.13. The predicted molar refractivity (Wildman–Crippen MR) is 84.0 cm³/mol. The number of carbonyl (C=O) groups excluding carboxylic acids is 1. The van der Waals surface area contributed by atoms with Gasteiger partial charge in [0.15, 0.2) is 5.78 Å². The maximum atomic E-state index is 12.1. The summed E-state index contributed by atoms with van der Waals surface area (Å²) in [6.45, 7) is 1.60.